The fourth-order valence-electron chi connectivity index (χ4n) is 5.86. The van der Waals surface area contributed by atoms with Crippen molar-refractivity contribution < 1.29 is 8.42 Å². The zero-order valence-electron chi connectivity index (χ0n) is 13.8. The molecule has 4 aliphatic rings. The van der Waals surface area contributed by atoms with Crippen LogP contribution in [0.15, 0.2) is 0 Å². The number of hydrogen-bond acceptors (Lipinski definition) is 3. The molecule has 0 saturated heterocycles. The molecule has 0 radical (unpaired) electrons. The molecule has 0 aliphatic heterocycles. The average Bonchev–Trinajstić information content (AvgIpc) is 2.36. The Morgan fingerprint density at radius 1 is 1.05 bits per heavy atom. The van der Waals surface area contributed by atoms with Crippen LogP contribution in [0.3, 0.4) is 0 Å². The van der Waals surface area contributed by atoms with Gasteiger partial charge in [-0.05, 0) is 75.5 Å². The summed E-state index contributed by atoms with van der Waals surface area (Å²) in [5, 5.41) is 3.65. The standard InChI is InChI=1S/C17H31NO2S/c1-4-21(19,20)11-12(2)18-13(3)17-8-14-5-15(9-17)7-16(6-14)10-17/h12-16,18H,4-11H2,1-3H3. The molecule has 4 bridgehead atoms. The lowest BCUT2D eigenvalue weighted by Gasteiger charge is -2.59. The number of hydrogen-bond donors (Lipinski definition) is 1. The molecule has 0 aromatic carbocycles. The predicted molar refractivity (Wildman–Crippen MR) is 87.0 cm³/mol. The van der Waals surface area contributed by atoms with E-state index in [9.17, 15) is 8.42 Å². The summed E-state index contributed by atoms with van der Waals surface area (Å²) < 4.78 is 23.6. The van der Waals surface area contributed by atoms with Crippen LogP contribution in [0.4, 0.5) is 0 Å². The summed E-state index contributed by atoms with van der Waals surface area (Å²) in [4.78, 5) is 0. The molecule has 3 nitrogen and oxygen atoms in total. The lowest BCUT2D eigenvalue weighted by molar-refractivity contribution is -0.0715. The van der Waals surface area contributed by atoms with E-state index < -0.39 is 9.84 Å². The highest BCUT2D eigenvalue weighted by molar-refractivity contribution is 7.91. The highest BCUT2D eigenvalue weighted by Gasteiger charge is 2.53. The molecule has 0 aromatic rings. The topological polar surface area (TPSA) is 46.2 Å². The second-order valence-corrected chi connectivity index (χ2v) is 10.7. The van der Waals surface area contributed by atoms with Gasteiger partial charge in [0.15, 0.2) is 9.84 Å². The second kappa shape index (κ2) is 5.52. The van der Waals surface area contributed by atoms with Gasteiger partial charge in [-0.25, -0.2) is 8.42 Å². The molecule has 0 aromatic heterocycles. The van der Waals surface area contributed by atoms with Gasteiger partial charge in [-0.1, -0.05) is 6.92 Å². The van der Waals surface area contributed by atoms with Gasteiger partial charge < -0.3 is 5.32 Å². The van der Waals surface area contributed by atoms with Crippen molar-refractivity contribution in [1.29, 1.82) is 0 Å². The minimum absolute atomic E-state index is 0.0676. The molecule has 4 saturated carbocycles. The largest absolute Gasteiger partial charge is 0.310 e. The molecule has 4 fully saturated rings. The summed E-state index contributed by atoms with van der Waals surface area (Å²) in [6.45, 7) is 6.08. The van der Waals surface area contributed by atoms with Gasteiger partial charge in [0.25, 0.3) is 0 Å². The normalized spacial score (nSPS) is 41.2. The van der Waals surface area contributed by atoms with Crippen molar-refractivity contribution in [1.82, 2.24) is 5.32 Å². The van der Waals surface area contributed by atoms with E-state index in [0.29, 0.717) is 11.5 Å². The smallest absolute Gasteiger partial charge is 0.151 e. The minimum Gasteiger partial charge on any atom is -0.310 e. The van der Waals surface area contributed by atoms with Crippen molar-refractivity contribution in [3.05, 3.63) is 0 Å². The van der Waals surface area contributed by atoms with Gasteiger partial charge in [-0.15, -0.1) is 0 Å². The van der Waals surface area contributed by atoms with Crippen LogP contribution in [0.5, 0.6) is 0 Å². The van der Waals surface area contributed by atoms with Crippen LogP contribution in [0.25, 0.3) is 0 Å². The third kappa shape index (κ3) is 3.17. The zero-order chi connectivity index (χ0) is 15.3. The lowest BCUT2D eigenvalue weighted by atomic mass is 9.48. The predicted octanol–water partition coefficient (Wildman–Crippen LogP) is 3.00. The van der Waals surface area contributed by atoms with Gasteiger partial charge in [-0.2, -0.15) is 0 Å². The third-order valence-corrected chi connectivity index (χ3v) is 8.37. The van der Waals surface area contributed by atoms with Crippen LogP contribution < -0.4 is 5.32 Å². The van der Waals surface area contributed by atoms with E-state index in [1.807, 2.05) is 6.92 Å². The Hall–Kier alpha value is -0.0900. The maximum absolute atomic E-state index is 11.8. The Morgan fingerprint density at radius 2 is 1.52 bits per heavy atom. The van der Waals surface area contributed by atoms with Crippen molar-refractivity contribution >= 4 is 9.84 Å². The van der Waals surface area contributed by atoms with E-state index in [1.54, 1.807) is 6.92 Å². The third-order valence-electron chi connectivity index (χ3n) is 6.48. The van der Waals surface area contributed by atoms with Crippen LogP contribution in [0, 0.1) is 23.2 Å². The molecule has 2 atom stereocenters. The average molecular weight is 314 g/mol. The second-order valence-electron chi connectivity index (χ2n) is 8.27. The molecular weight excluding hydrogens is 282 g/mol. The quantitative estimate of drug-likeness (QED) is 0.820. The number of sulfone groups is 1. The van der Waals surface area contributed by atoms with Gasteiger partial charge >= 0.3 is 0 Å². The minimum atomic E-state index is -2.88. The Labute approximate surface area is 130 Å². The SMILES string of the molecule is CCS(=O)(=O)CC(C)NC(C)C12CC3CC(CC(C3)C1)C2. The monoisotopic (exact) mass is 313 g/mol. The van der Waals surface area contributed by atoms with Crippen LogP contribution in [0.1, 0.15) is 59.3 Å². The highest BCUT2D eigenvalue weighted by Crippen LogP contribution is 2.61. The van der Waals surface area contributed by atoms with Crippen molar-refractivity contribution in [3.8, 4) is 0 Å². The maximum atomic E-state index is 11.8. The van der Waals surface area contributed by atoms with Gasteiger partial charge in [0, 0.05) is 17.8 Å². The van der Waals surface area contributed by atoms with E-state index in [1.165, 1.54) is 38.5 Å². The number of rotatable bonds is 6. The Kier molecular flexibility index (Phi) is 4.15. The molecule has 1 N–H and O–H groups in total. The number of nitrogens with one attached hydrogen (secondary N) is 1. The molecule has 4 rings (SSSR count). The molecule has 0 spiro atoms. The summed E-state index contributed by atoms with van der Waals surface area (Å²) >= 11 is 0. The van der Waals surface area contributed by atoms with Crippen LogP contribution in [0.2, 0.25) is 0 Å². The summed E-state index contributed by atoms with van der Waals surface area (Å²) in [5.41, 5.74) is 0.457. The molecule has 122 valence electrons. The zero-order valence-corrected chi connectivity index (χ0v) is 14.6. The molecule has 4 aliphatic carbocycles. The molecular formula is C17H31NO2S. The summed E-state index contributed by atoms with van der Waals surface area (Å²) in [6.07, 6.45) is 8.52. The first-order chi connectivity index (χ1) is 9.82. The summed E-state index contributed by atoms with van der Waals surface area (Å²) in [7, 11) is -2.88. The van der Waals surface area contributed by atoms with Crippen molar-refractivity contribution in [2.45, 2.75) is 71.4 Å². The first kappa shape index (κ1) is 15.8. The van der Waals surface area contributed by atoms with Crippen molar-refractivity contribution in [3.63, 3.8) is 0 Å². The Bertz CT molecular complexity index is 450. The molecule has 2 unspecified atom stereocenters. The van der Waals surface area contributed by atoms with Crippen LogP contribution >= 0.6 is 0 Å². The lowest BCUT2D eigenvalue weighted by Crippen LogP contribution is -2.56. The van der Waals surface area contributed by atoms with Gasteiger partial charge in [0.2, 0.25) is 0 Å². The molecule has 0 heterocycles. The van der Waals surface area contributed by atoms with Gasteiger partial charge in [-0.3, -0.25) is 0 Å². The fourth-order valence-corrected chi connectivity index (χ4v) is 6.95. The molecule has 21 heavy (non-hydrogen) atoms. The van der Waals surface area contributed by atoms with Gasteiger partial charge in [0.1, 0.15) is 0 Å². The van der Waals surface area contributed by atoms with Crippen LogP contribution in [-0.2, 0) is 9.84 Å². The van der Waals surface area contributed by atoms with E-state index in [2.05, 4.69) is 12.2 Å². The van der Waals surface area contributed by atoms with Gasteiger partial charge in [0.05, 0.1) is 5.75 Å². The Morgan fingerprint density at radius 3 is 1.95 bits per heavy atom. The van der Waals surface area contributed by atoms with Crippen LogP contribution in [-0.4, -0.2) is 32.0 Å². The van der Waals surface area contributed by atoms with E-state index >= 15 is 0 Å². The van der Waals surface area contributed by atoms with E-state index in [0.717, 1.165) is 17.8 Å². The van der Waals surface area contributed by atoms with Crippen molar-refractivity contribution in [2.24, 2.45) is 23.2 Å². The summed E-state index contributed by atoms with van der Waals surface area (Å²) in [5.74, 6) is 3.39. The van der Waals surface area contributed by atoms with Crippen molar-refractivity contribution in [2.75, 3.05) is 11.5 Å². The fraction of sp³-hybridized carbons (Fsp3) is 1.00. The Balaban J connectivity index is 1.64. The maximum Gasteiger partial charge on any atom is 0.151 e. The summed E-state index contributed by atoms with van der Waals surface area (Å²) in [6, 6.07) is 0.519. The molecule has 4 heteroatoms. The molecule has 0 amide bonds. The van der Waals surface area contributed by atoms with E-state index in [-0.39, 0.29) is 17.5 Å². The highest BCUT2D eigenvalue weighted by atomic mass is 32.2. The van der Waals surface area contributed by atoms with E-state index in [4.69, 9.17) is 0 Å². The first-order valence-corrected chi connectivity index (χ1v) is 10.6. The first-order valence-electron chi connectivity index (χ1n) is 8.78.